The summed E-state index contributed by atoms with van der Waals surface area (Å²) < 4.78 is 18.0. The van der Waals surface area contributed by atoms with E-state index in [1.807, 2.05) is 0 Å². The molecule has 1 aromatic carbocycles. The number of furan rings is 1. The Kier molecular flexibility index (Phi) is 5.95. The van der Waals surface area contributed by atoms with Crippen molar-refractivity contribution in [2.75, 3.05) is 0 Å². The number of carbonyl (C=O) groups is 2. The summed E-state index contributed by atoms with van der Waals surface area (Å²) in [5.41, 5.74) is 0.765. The fourth-order valence-corrected chi connectivity index (χ4v) is 2.08. The molecule has 2 aromatic rings. The first kappa shape index (κ1) is 17.5. The minimum atomic E-state index is -0.708. The summed E-state index contributed by atoms with van der Waals surface area (Å²) in [5.74, 6) is -0.0295. The van der Waals surface area contributed by atoms with Crippen LogP contribution in [0.15, 0.2) is 47.1 Å². The highest BCUT2D eigenvalue weighted by Gasteiger charge is 2.17. The van der Waals surface area contributed by atoms with E-state index in [0.717, 1.165) is 5.56 Å². The van der Waals surface area contributed by atoms with Gasteiger partial charge in [0.25, 0.3) is 0 Å². The van der Waals surface area contributed by atoms with E-state index in [4.69, 9.17) is 4.42 Å². The number of rotatable bonds is 6. The number of carbonyl (C=O) groups excluding carboxylic acids is 2. The molecule has 3 amide bonds. The number of hydrogen-bond donors (Lipinski definition) is 3. The Hall–Kier alpha value is -2.83. The van der Waals surface area contributed by atoms with Crippen molar-refractivity contribution in [2.24, 2.45) is 0 Å². The van der Waals surface area contributed by atoms with Gasteiger partial charge in [-0.2, -0.15) is 0 Å². The summed E-state index contributed by atoms with van der Waals surface area (Å²) in [5, 5.41) is 7.92. The summed E-state index contributed by atoms with van der Waals surface area (Å²) in [4.78, 5) is 23.9. The van der Waals surface area contributed by atoms with Gasteiger partial charge >= 0.3 is 6.03 Å². The highest BCUT2D eigenvalue weighted by molar-refractivity contribution is 5.86. The fraction of sp³-hybridized carbons (Fsp3) is 0.294. The normalized spacial score (nSPS) is 13.0. The van der Waals surface area contributed by atoms with Gasteiger partial charge in [-0.3, -0.25) is 4.79 Å². The molecule has 0 aliphatic heterocycles. The molecule has 0 saturated heterocycles. The Balaban J connectivity index is 1.77. The van der Waals surface area contributed by atoms with Gasteiger partial charge < -0.3 is 20.4 Å². The molecule has 7 heteroatoms. The molecule has 3 N–H and O–H groups in total. The van der Waals surface area contributed by atoms with Crippen molar-refractivity contribution in [3.8, 4) is 0 Å². The zero-order valence-corrected chi connectivity index (χ0v) is 13.5. The molecule has 2 rings (SSSR count). The molecule has 0 unspecified atom stereocenters. The van der Waals surface area contributed by atoms with Crippen molar-refractivity contribution in [3.05, 3.63) is 59.8 Å². The first-order valence-electron chi connectivity index (χ1n) is 7.58. The number of nitrogens with one attached hydrogen (secondary N) is 3. The van der Waals surface area contributed by atoms with Crippen LogP contribution in [0.5, 0.6) is 0 Å². The average molecular weight is 333 g/mol. The summed E-state index contributed by atoms with van der Waals surface area (Å²) in [6, 6.07) is 7.83. The Morgan fingerprint density at radius 2 is 1.83 bits per heavy atom. The predicted molar refractivity (Wildman–Crippen MR) is 86.5 cm³/mol. The highest BCUT2D eigenvalue weighted by atomic mass is 19.1. The van der Waals surface area contributed by atoms with E-state index in [1.54, 1.807) is 38.1 Å². The maximum Gasteiger partial charge on any atom is 0.315 e. The average Bonchev–Trinajstić information content (AvgIpc) is 3.06. The quantitative estimate of drug-likeness (QED) is 0.759. The van der Waals surface area contributed by atoms with Crippen LogP contribution >= 0.6 is 0 Å². The molecule has 0 radical (unpaired) electrons. The van der Waals surface area contributed by atoms with Crippen molar-refractivity contribution < 1.29 is 18.4 Å². The maximum absolute atomic E-state index is 12.9. The maximum atomic E-state index is 12.9. The van der Waals surface area contributed by atoms with Crippen LogP contribution in [0.25, 0.3) is 0 Å². The van der Waals surface area contributed by atoms with Gasteiger partial charge in [0, 0.05) is 0 Å². The standard InChI is InChI=1S/C17H20FN3O3/c1-11(13-5-7-14(18)8-6-13)20-17(23)21-12(2)16(22)19-10-15-4-3-9-24-15/h3-9,11-12H,10H2,1-2H3,(H,19,22)(H2,20,21,23)/t11-,12-/m1/s1. The molecule has 0 saturated carbocycles. The van der Waals surface area contributed by atoms with Gasteiger partial charge in [-0.25, -0.2) is 9.18 Å². The van der Waals surface area contributed by atoms with E-state index in [2.05, 4.69) is 16.0 Å². The molecule has 0 fully saturated rings. The van der Waals surface area contributed by atoms with E-state index < -0.39 is 12.1 Å². The molecule has 1 aromatic heterocycles. The van der Waals surface area contributed by atoms with Gasteiger partial charge in [0.05, 0.1) is 18.8 Å². The van der Waals surface area contributed by atoms with E-state index in [-0.39, 0.29) is 24.3 Å². The SMILES string of the molecule is C[C@@H](NC(=O)N[C@H](C)c1ccc(F)cc1)C(=O)NCc1ccco1. The smallest absolute Gasteiger partial charge is 0.315 e. The minimum absolute atomic E-state index is 0.255. The van der Waals surface area contributed by atoms with Gasteiger partial charge in [0.15, 0.2) is 0 Å². The largest absolute Gasteiger partial charge is 0.467 e. The Morgan fingerprint density at radius 1 is 1.12 bits per heavy atom. The van der Waals surface area contributed by atoms with Gasteiger partial charge in [-0.15, -0.1) is 0 Å². The van der Waals surface area contributed by atoms with Crippen molar-refractivity contribution >= 4 is 11.9 Å². The van der Waals surface area contributed by atoms with E-state index in [1.165, 1.54) is 18.4 Å². The number of hydrogen-bond acceptors (Lipinski definition) is 3. The predicted octanol–water partition coefficient (Wildman–Crippen LogP) is 2.48. The minimum Gasteiger partial charge on any atom is -0.467 e. The molecule has 128 valence electrons. The summed E-state index contributed by atoms with van der Waals surface area (Å²) in [6.07, 6.45) is 1.52. The van der Waals surface area contributed by atoms with E-state index >= 15 is 0 Å². The third-order valence-corrected chi connectivity index (χ3v) is 3.48. The van der Waals surface area contributed by atoms with Gasteiger partial charge in [0.2, 0.25) is 5.91 Å². The lowest BCUT2D eigenvalue weighted by Gasteiger charge is -2.18. The zero-order chi connectivity index (χ0) is 17.5. The second-order valence-corrected chi connectivity index (χ2v) is 5.41. The fourth-order valence-electron chi connectivity index (χ4n) is 2.08. The van der Waals surface area contributed by atoms with Crippen LogP contribution in [0, 0.1) is 5.82 Å². The zero-order valence-electron chi connectivity index (χ0n) is 13.5. The van der Waals surface area contributed by atoms with Crippen LogP contribution in [0.2, 0.25) is 0 Å². The third-order valence-electron chi connectivity index (χ3n) is 3.48. The number of amides is 3. The topological polar surface area (TPSA) is 83.4 Å². The highest BCUT2D eigenvalue weighted by Crippen LogP contribution is 2.12. The van der Waals surface area contributed by atoms with Gasteiger partial charge in [-0.05, 0) is 43.7 Å². The first-order valence-corrected chi connectivity index (χ1v) is 7.58. The van der Waals surface area contributed by atoms with Crippen LogP contribution in [0.3, 0.4) is 0 Å². The number of urea groups is 1. The summed E-state index contributed by atoms with van der Waals surface area (Å²) in [7, 11) is 0. The Labute approximate surface area is 139 Å². The molecule has 0 aliphatic carbocycles. The molecule has 1 heterocycles. The number of halogens is 1. The Bertz CT molecular complexity index is 671. The van der Waals surface area contributed by atoms with Crippen LogP contribution in [-0.2, 0) is 11.3 Å². The first-order chi connectivity index (χ1) is 11.5. The lowest BCUT2D eigenvalue weighted by molar-refractivity contribution is -0.122. The van der Waals surface area contributed by atoms with E-state index in [0.29, 0.717) is 5.76 Å². The molecule has 0 spiro atoms. The third kappa shape index (κ3) is 5.12. The van der Waals surface area contributed by atoms with Gasteiger partial charge in [-0.1, -0.05) is 12.1 Å². The lowest BCUT2D eigenvalue weighted by atomic mass is 10.1. The van der Waals surface area contributed by atoms with Crippen LogP contribution in [-0.4, -0.2) is 18.0 Å². The second kappa shape index (κ2) is 8.14. The van der Waals surface area contributed by atoms with E-state index in [9.17, 15) is 14.0 Å². The summed E-state index contributed by atoms with van der Waals surface area (Å²) >= 11 is 0. The van der Waals surface area contributed by atoms with Crippen LogP contribution in [0.1, 0.15) is 31.2 Å². The Morgan fingerprint density at radius 3 is 2.46 bits per heavy atom. The van der Waals surface area contributed by atoms with Crippen molar-refractivity contribution in [1.29, 1.82) is 0 Å². The van der Waals surface area contributed by atoms with Crippen LogP contribution < -0.4 is 16.0 Å². The van der Waals surface area contributed by atoms with Crippen molar-refractivity contribution in [1.82, 2.24) is 16.0 Å². The molecular formula is C17H20FN3O3. The number of benzene rings is 1. The van der Waals surface area contributed by atoms with Crippen molar-refractivity contribution in [2.45, 2.75) is 32.5 Å². The monoisotopic (exact) mass is 333 g/mol. The lowest BCUT2D eigenvalue weighted by Crippen LogP contribution is -2.48. The van der Waals surface area contributed by atoms with Crippen LogP contribution in [0.4, 0.5) is 9.18 Å². The molecule has 24 heavy (non-hydrogen) atoms. The van der Waals surface area contributed by atoms with Gasteiger partial charge in [0.1, 0.15) is 17.6 Å². The molecular weight excluding hydrogens is 313 g/mol. The van der Waals surface area contributed by atoms with Crippen molar-refractivity contribution in [3.63, 3.8) is 0 Å². The summed E-state index contributed by atoms with van der Waals surface area (Å²) in [6.45, 7) is 3.61. The molecule has 6 nitrogen and oxygen atoms in total. The molecule has 0 aliphatic rings. The molecule has 0 bridgehead atoms. The second-order valence-electron chi connectivity index (χ2n) is 5.41. The molecule has 2 atom stereocenters.